The molecule has 0 unspecified atom stereocenters. The fourth-order valence-electron chi connectivity index (χ4n) is 4.98. The molecule has 2 aliphatic carbocycles. The molecule has 2 fully saturated rings. The van der Waals surface area contributed by atoms with E-state index < -0.39 is 0 Å². The van der Waals surface area contributed by atoms with Gasteiger partial charge in [0.1, 0.15) is 0 Å². The quantitative estimate of drug-likeness (QED) is 0.424. The normalized spacial score (nSPS) is 31.6. The lowest BCUT2D eigenvalue weighted by molar-refractivity contribution is 0.233. The molecule has 0 spiro atoms. The van der Waals surface area contributed by atoms with Crippen LogP contribution in [0.15, 0.2) is 0 Å². The van der Waals surface area contributed by atoms with Crippen LogP contribution in [0, 0.1) is 11.8 Å². The van der Waals surface area contributed by atoms with Crippen molar-refractivity contribution in [2.24, 2.45) is 11.8 Å². The smallest absolute Gasteiger partial charge is 0.0386 e. The van der Waals surface area contributed by atoms with Crippen LogP contribution in [0.1, 0.15) is 128 Å². The van der Waals surface area contributed by atoms with Crippen molar-refractivity contribution in [1.29, 1.82) is 0 Å². The van der Waals surface area contributed by atoms with E-state index in [4.69, 9.17) is 0 Å². The van der Waals surface area contributed by atoms with Gasteiger partial charge in [0.2, 0.25) is 0 Å². The van der Waals surface area contributed by atoms with E-state index in [0.29, 0.717) is 0 Å². The number of hydrogen-bond acceptors (Lipinski definition) is 0. The molecule has 2 aliphatic rings. The minimum atomic E-state index is 1.08. The molecule has 0 heterocycles. The first kappa shape index (κ1) is 18.3. The first-order valence-corrected chi connectivity index (χ1v) is 11.0. The van der Waals surface area contributed by atoms with Gasteiger partial charge in [-0.1, -0.05) is 128 Å². The Balaban J connectivity index is 1.87. The molecule has 0 bridgehead atoms. The Hall–Kier alpha value is 0. The van der Waals surface area contributed by atoms with Gasteiger partial charge in [0, 0.05) is 0 Å². The van der Waals surface area contributed by atoms with E-state index in [2.05, 4.69) is 0 Å². The first-order chi connectivity index (χ1) is 11.0. The van der Waals surface area contributed by atoms with Crippen molar-refractivity contribution < 1.29 is 0 Å². The molecular weight excluding hydrogens is 264 g/mol. The summed E-state index contributed by atoms with van der Waals surface area (Å²) in [4.78, 5) is 0. The van der Waals surface area contributed by atoms with Crippen LogP contribution in [0.5, 0.6) is 0 Å². The zero-order chi connectivity index (χ0) is 15.3. The van der Waals surface area contributed by atoms with Gasteiger partial charge in [-0.3, -0.25) is 0 Å². The van der Waals surface area contributed by atoms with Gasteiger partial charge in [0.15, 0.2) is 0 Å². The molecule has 0 saturated heterocycles. The van der Waals surface area contributed by atoms with Crippen LogP contribution in [0.25, 0.3) is 0 Å². The van der Waals surface area contributed by atoms with Crippen LogP contribution in [0.3, 0.4) is 0 Å². The standard InChI is InChI=1S/C22H42/c1-2-6-10-14-18-22-20-16-12-8-4-3-7-11-15-19-21(22)17-13-9-5-1/h21-22H,1-20H2. The van der Waals surface area contributed by atoms with Crippen LogP contribution in [-0.2, 0) is 0 Å². The van der Waals surface area contributed by atoms with Crippen molar-refractivity contribution >= 4 is 0 Å². The third-order valence-corrected chi connectivity index (χ3v) is 6.47. The predicted molar refractivity (Wildman–Crippen MR) is 99.3 cm³/mol. The van der Waals surface area contributed by atoms with Gasteiger partial charge in [0.25, 0.3) is 0 Å². The van der Waals surface area contributed by atoms with Crippen LogP contribution < -0.4 is 0 Å². The number of rotatable bonds is 0. The maximum atomic E-state index is 1.56. The third kappa shape index (κ3) is 8.02. The molecular formula is C22H42. The number of fused-ring (bicyclic) bond motifs is 1. The Labute approximate surface area is 140 Å². The minimum absolute atomic E-state index is 1.08. The van der Waals surface area contributed by atoms with Gasteiger partial charge in [-0.15, -0.1) is 0 Å². The molecule has 0 aliphatic heterocycles. The van der Waals surface area contributed by atoms with Crippen molar-refractivity contribution in [3.8, 4) is 0 Å². The molecule has 0 atom stereocenters. The second kappa shape index (κ2) is 12.4. The first-order valence-electron chi connectivity index (χ1n) is 11.0. The monoisotopic (exact) mass is 306 g/mol. The highest BCUT2D eigenvalue weighted by Crippen LogP contribution is 2.34. The van der Waals surface area contributed by atoms with E-state index in [0.717, 1.165) is 11.8 Å². The molecule has 0 heteroatoms. The van der Waals surface area contributed by atoms with Crippen LogP contribution in [-0.4, -0.2) is 0 Å². The Bertz CT molecular complexity index is 194. The molecule has 2 saturated carbocycles. The summed E-state index contributed by atoms with van der Waals surface area (Å²) in [6, 6.07) is 0. The molecule has 2 rings (SSSR count). The molecule has 0 aromatic carbocycles. The van der Waals surface area contributed by atoms with Crippen molar-refractivity contribution in [2.75, 3.05) is 0 Å². The van der Waals surface area contributed by atoms with Gasteiger partial charge >= 0.3 is 0 Å². The molecule has 22 heavy (non-hydrogen) atoms. The lowest BCUT2D eigenvalue weighted by atomic mass is 9.77. The van der Waals surface area contributed by atoms with Gasteiger partial charge in [-0.2, -0.15) is 0 Å². The Morgan fingerprint density at radius 2 is 0.409 bits per heavy atom. The largest absolute Gasteiger partial charge is 0.0533 e. The second-order valence-electron chi connectivity index (χ2n) is 8.33. The molecule has 130 valence electrons. The lowest BCUT2D eigenvalue weighted by Gasteiger charge is -2.29. The predicted octanol–water partition coefficient (Wildman–Crippen LogP) is 8.05. The zero-order valence-electron chi connectivity index (χ0n) is 15.3. The fraction of sp³-hybridized carbons (Fsp3) is 1.00. The van der Waals surface area contributed by atoms with E-state index in [1.165, 1.54) is 103 Å². The van der Waals surface area contributed by atoms with Crippen molar-refractivity contribution in [3.63, 3.8) is 0 Å². The second-order valence-corrected chi connectivity index (χ2v) is 8.33. The molecule has 0 aromatic rings. The van der Waals surface area contributed by atoms with Crippen LogP contribution in [0.4, 0.5) is 0 Å². The molecule has 0 radical (unpaired) electrons. The van der Waals surface area contributed by atoms with Crippen LogP contribution in [0.2, 0.25) is 0 Å². The topological polar surface area (TPSA) is 0 Å². The maximum Gasteiger partial charge on any atom is -0.0386 e. The van der Waals surface area contributed by atoms with E-state index in [-0.39, 0.29) is 0 Å². The summed E-state index contributed by atoms with van der Waals surface area (Å²) in [7, 11) is 0. The summed E-state index contributed by atoms with van der Waals surface area (Å²) in [5, 5.41) is 0. The summed E-state index contributed by atoms with van der Waals surface area (Å²) in [6.07, 6.45) is 30.5. The highest BCUT2D eigenvalue weighted by atomic mass is 14.3. The lowest BCUT2D eigenvalue weighted by Crippen LogP contribution is -2.16. The highest BCUT2D eigenvalue weighted by molar-refractivity contribution is 4.73. The summed E-state index contributed by atoms with van der Waals surface area (Å²) in [5.41, 5.74) is 0. The Kier molecular flexibility index (Phi) is 10.4. The van der Waals surface area contributed by atoms with Crippen molar-refractivity contribution in [1.82, 2.24) is 0 Å². The van der Waals surface area contributed by atoms with Gasteiger partial charge in [-0.05, 0) is 11.8 Å². The summed E-state index contributed by atoms with van der Waals surface area (Å²) < 4.78 is 0. The molecule has 0 N–H and O–H groups in total. The summed E-state index contributed by atoms with van der Waals surface area (Å²) in [6.45, 7) is 0. The van der Waals surface area contributed by atoms with Gasteiger partial charge in [0.05, 0.1) is 0 Å². The number of hydrogen-bond donors (Lipinski definition) is 0. The molecule has 0 nitrogen and oxygen atoms in total. The average Bonchev–Trinajstić information content (AvgIpc) is 2.51. The van der Waals surface area contributed by atoms with Gasteiger partial charge in [-0.25, -0.2) is 0 Å². The molecule has 0 amide bonds. The van der Waals surface area contributed by atoms with E-state index >= 15 is 0 Å². The Morgan fingerprint density at radius 3 is 0.636 bits per heavy atom. The van der Waals surface area contributed by atoms with Crippen molar-refractivity contribution in [2.45, 2.75) is 128 Å². The average molecular weight is 307 g/mol. The fourth-order valence-corrected chi connectivity index (χ4v) is 4.98. The van der Waals surface area contributed by atoms with Crippen molar-refractivity contribution in [3.05, 3.63) is 0 Å². The molecule has 0 aromatic heterocycles. The zero-order valence-corrected chi connectivity index (χ0v) is 15.3. The minimum Gasteiger partial charge on any atom is -0.0533 e. The van der Waals surface area contributed by atoms with Crippen LogP contribution >= 0.6 is 0 Å². The SMILES string of the molecule is C1CCCCCC2CCCCCCCCCCC2CCCC1. The highest BCUT2D eigenvalue weighted by Gasteiger charge is 2.21. The summed E-state index contributed by atoms with van der Waals surface area (Å²) >= 11 is 0. The Morgan fingerprint density at radius 1 is 0.227 bits per heavy atom. The van der Waals surface area contributed by atoms with E-state index in [1.54, 1.807) is 25.7 Å². The van der Waals surface area contributed by atoms with E-state index in [1.807, 2.05) is 0 Å². The van der Waals surface area contributed by atoms with E-state index in [9.17, 15) is 0 Å². The summed E-state index contributed by atoms with van der Waals surface area (Å²) in [5.74, 6) is 2.16. The maximum absolute atomic E-state index is 1.56. The van der Waals surface area contributed by atoms with Gasteiger partial charge < -0.3 is 0 Å². The third-order valence-electron chi connectivity index (χ3n) is 6.47.